The van der Waals surface area contributed by atoms with E-state index in [0.717, 1.165) is 0 Å². The smallest absolute Gasteiger partial charge is 0.0698 e. The van der Waals surface area contributed by atoms with Crippen molar-refractivity contribution in [2.45, 2.75) is 6.92 Å². The fourth-order valence-corrected chi connectivity index (χ4v) is 0.231. The average Bonchev–Trinajstić information content (AvgIpc) is 1.91. The summed E-state index contributed by atoms with van der Waals surface area (Å²) in [5.74, 6) is 0. The molecule has 5 nitrogen and oxygen atoms in total. The third kappa shape index (κ3) is 41.3. The average molecular weight is 170 g/mol. The van der Waals surface area contributed by atoms with Crippen LogP contribution in [-0.4, -0.2) is 53.8 Å². The Morgan fingerprint density at radius 2 is 1.27 bits per heavy atom. The summed E-state index contributed by atoms with van der Waals surface area (Å²) in [5, 5.41) is 23.7. The molecule has 72 valence electrons. The molecule has 0 unspecified atom stereocenters. The van der Waals surface area contributed by atoms with Gasteiger partial charge in [-0.3, -0.25) is 0 Å². The van der Waals surface area contributed by atoms with Gasteiger partial charge < -0.3 is 25.5 Å². The largest absolute Gasteiger partial charge is 0.412 e. The van der Waals surface area contributed by atoms with E-state index >= 15 is 0 Å². The van der Waals surface area contributed by atoms with Crippen LogP contribution in [0.25, 0.3) is 0 Å². The molecule has 0 aliphatic rings. The quantitative estimate of drug-likeness (QED) is 0.431. The van der Waals surface area contributed by atoms with Crippen molar-refractivity contribution in [3.8, 4) is 0 Å². The zero-order valence-corrected chi connectivity index (χ0v) is 6.79. The first kappa shape index (κ1) is 17.0. The zero-order valence-electron chi connectivity index (χ0n) is 6.79. The molecule has 11 heavy (non-hydrogen) atoms. The topological polar surface area (TPSA) is 101 Å². The summed E-state index contributed by atoms with van der Waals surface area (Å²) < 4.78 is 4.63. The van der Waals surface area contributed by atoms with Crippen LogP contribution in [0.5, 0.6) is 0 Å². The summed E-state index contributed by atoms with van der Waals surface area (Å²) in [7, 11) is 0. The van der Waals surface area contributed by atoms with Gasteiger partial charge in [0.15, 0.2) is 0 Å². The molecule has 0 bridgehead atoms. The molecule has 5 heteroatoms. The maximum absolute atomic E-state index is 8.09. The van der Waals surface area contributed by atoms with Gasteiger partial charge in [-0.1, -0.05) is 0 Å². The second-order valence-corrected chi connectivity index (χ2v) is 1.38. The number of ether oxygens (including phenoxy) is 1. The van der Waals surface area contributed by atoms with Crippen molar-refractivity contribution in [2.75, 3.05) is 33.0 Å². The Bertz CT molecular complexity index is 38.0. The summed E-state index contributed by atoms with van der Waals surface area (Å²) in [6, 6.07) is 0. The number of hydrogen-bond acceptors (Lipinski definition) is 4. The molecule has 0 aromatic rings. The van der Waals surface area contributed by atoms with Crippen LogP contribution in [0.15, 0.2) is 0 Å². The van der Waals surface area contributed by atoms with E-state index in [4.69, 9.17) is 15.3 Å². The maximum Gasteiger partial charge on any atom is 0.0698 e. The number of aliphatic hydroxyl groups excluding tert-OH is 3. The van der Waals surface area contributed by atoms with Gasteiger partial charge >= 0.3 is 0 Å². The van der Waals surface area contributed by atoms with Gasteiger partial charge in [-0.05, 0) is 6.92 Å². The molecule has 0 fully saturated rings. The molecular weight excluding hydrogens is 152 g/mol. The summed E-state index contributed by atoms with van der Waals surface area (Å²) >= 11 is 0. The lowest BCUT2D eigenvalue weighted by Crippen LogP contribution is -2.03. The first-order valence-electron chi connectivity index (χ1n) is 3.23. The van der Waals surface area contributed by atoms with Crippen molar-refractivity contribution in [1.29, 1.82) is 0 Å². The minimum Gasteiger partial charge on any atom is -0.412 e. The Labute approximate surface area is 66.5 Å². The highest BCUT2D eigenvalue weighted by Crippen LogP contribution is 1.68. The highest BCUT2D eigenvalue weighted by atomic mass is 16.5. The normalized spacial score (nSPS) is 7.64. The van der Waals surface area contributed by atoms with Crippen LogP contribution in [0.4, 0.5) is 0 Å². The maximum atomic E-state index is 8.09. The van der Waals surface area contributed by atoms with Gasteiger partial charge in [-0.2, -0.15) is 0 Å². The lowest BCUT2D eigenvalue weighted by Gasteiger charge is -1.94. The summed E-state index contributed by atoms with van der Waals surface area (Å²) in [6.07, 6.45) is 0. The SMILES string of the molecule is CCO.O.OCCOCCO. The lowest BCUT2D eigenvalue weighted by atomic mass is 10.7. The van der Waals surface area contributed by atoms with Crippen LogP contribution in [0.1, 0.15) is 6.92 Å². The van der Waals surface area contributed by atoms with Crippen molar-refractivity contribution in [3.63, 3.8) is 0 Å². The van der Waals surface area contributed by atoms with Crippen LogP contribution in [0.3, 0.4) is 0 Å². The third-order valence-corrected chi connectivity index (χ3v) is 0.471. The molecule has 0 rings (SSSR count). The van der Waals surface area contributed by atoms with Crippen molar-refractivity contribution in [1.82, 2.24) is 0 Å². The van der Waals surface area contributed by atoms with E-state index < -0.39 is 0 Å². The molecule has 0 spiro atoms. The van der Waals surface area contributed by atoms with E-state index in [1.807, 2.05) is 0 Å². The van der Waals surface area contributed by atoms with E-state index in [0.29, 0.717) is 13.2 Å². The first-order valence-corrected chi connectivity index (χ1v) is 3.23. The first-order chi connectivity index (χ1) is 4.83. The Kier molecular flexibility index (Phi) is 35.0. The molecule has 0 atom stereocenters. The molecule has 0 heterocycles. The van der Waals surface area contributed by atoms with Crippen molar-refractivity contribution in [2.24, 2.45) is 0 Å². The van der Waals surface area contributed by atoms with E-state index in [2.05, 4.69) is 4.74 Å². The van der Waals surface area contributed by atoms with Gasteiger partial charge in [-0.15, -0.1) is 0 Å². The molecule has 0 saturated heterocycles. The molecule has 5 N–H and O–H groups in total. The van der Waals surface area contributed by atoms with Gasteiger partial charge in [0.1, 0.15) is 0 Å². The van der Waals surface area contributed by atoms with Gasteiger partial charge in [-0.25, -0.2) is 0 Å². The molecule has 0 amide bonds. The molecule has 0 aliphatic carbocycles. The number of aliphatic hydroxyl groups is 3. The number of hydrogen-bond donors (Lipinski definition) is 3. The summed E-state index contributed by atoms with van der Waals surface area (Å²) in [4.78, 5) is 0. The lowest BCUT2D eigenvalue weighted by molar-refractivity contribution is 0.0650. The third-order valence-electron chi connectivity index (χ3n) is 0.471. The van der Waals surface area contributed by atoms with Gasteiger partial charge in [0.05, 0.1) is 26.4 Å². The zero-order chi connectivity index (χ0) is 8.24. The van der Waals surface area contributed by atoms with Crippen LogP contribution < -0.4 is 0 Å². The second kappa shape index (κ2) is 22.6. The fraction of sp³-hybridized carbons (Fsp3) is 1.00. The predicted octanol–water partition coefficient (Wildman–Crippen LogP) is -1.84. The van der Waals surface area contributed by atoms with E-state index in [1.165, 1.54) is 0 Å². The molecular formula is C6H18O5. The van der Waals surface area contributed by atoms with Crippen molar-refractivity contribution >= 4 is 0 Å². The molecule has 0 radical (unpaired) electrons. The molecule has 0 aromatic heterocycles. The minimum atomic E-state index is 0. The Balaban J connectivity index is -0.000000140. The standard InChI is InChI=1S/C4H10O3.C2H6O.H2O/c5-1-3-7-4-2-6;1-2-3;/h5-6H,1-4H2;3H,2H2,1H3;1H2. The monoisotopic (exact) mass is 170 g/mol. The van der Waals surface area contributed by atoms with Gasteiger partial charge in [0.25, 0.3) is 0 Å². The second-order valence-electron chi connectivity index (χ2n) is 1.38. The molecule has 0 saturated carbocycles. The van der Waals surface area contributed by atoms with Crippen LogP contribution >= 0.6 is 0 Å². The van der Waals surface area contributed by atoms with Gasteiger partial charge in [0.2, 0.25) is 0 Å². The minimum absolute atomic E-state index is 0. The van der Waals surface area contributed by atoms with Crippen molar-refractivity contribution < 1.29 is 25.5 Å². The molecule has 0 aliphatic heterocycles. The van der Waals surface area contributed by atoms with Crippen LogP contribution in [0.2, 0.25) is 0 Å². The van der Waals surface area contributed by atoms with Gasteiger partial charge in [0, 0.05) is 6.61 Å². The van der Waals surface area contributed by atoms with E-state index in [9.17, 15) is 0 Å². The number of rotatable bonds is 4. The van der Waals surface area contributed by atoms with Crippen LogP contribution in [0, 0.1) is 0 Å². The predicted molar refractivity (Wildman–Crippen MR) is 41.4 cm³/mol. The summed E-state index contributed by atoms with van der Waals surface area (Å²) in [5.41, 5.74) is 0. The Hall–Kier alpha value is -0.200. The Morgan fingerprint density at radius 3 is 1.45 bits per heavy atom. The highest BCUT2D eigenvalue weighted by Gasteiger charge is 1.79. The fourth-order valence-electron chi connectivity index (χ4n) is 0.231. The highest BCUT2D eigenvalue weighted by molar-refractivity contribution is 4.24. The van der Waals surface area contributed by atoms with Crippen LogP contribution in [-0.2, 0) is 4.74 Å². The Morgan fingerprint density at radius 1 is 1.00 bits per heavy atom. The molecule has 0 aromatic carbocycles. The summed E-state index contributed by atoms with van der Waals surface area (Å²) in [6.45, 7) is 2.63. The van der Waals surface area contributed by atoms with Crippen molar-refractivity contribution in [3.05, 3.63) is 0 Å². The van der Waals surface area contributed by atoms with E-state index in [1.54, 1.807) is 6.92 Å². The van der Waals surface area contributed by atoms with E-state index in [-0.39, 0.29) is 25.3 Å².